The van der Waals surface area contributed by atoms with E-state index in [1.54, 1.807) is 30.3 Å². The lowest BCUT2D eigenvalue weighted by atomic mass is 9.76. The van der Waals surface area contributed by atoms with Gasteiger partial charge in [-0.2, -0.15) is 0 Å². The van der Waals surface area contributed by atoms with Crippen molar-refractivity contribution in [3.63, 3.8) is 0 Å². The molecule has 1 fully saturated rings. The molecule has 1 saturated carbocycles. The predicted octanol–water partition coefficient (Wildman–Crippen LogP) is 3.56. The summed E-state index contributed by atoms with van der Waals surface area (Å²) in [5, 5.41) is 12.4. The Morgan fingerprint density at radius 2 is 1.95 bits per heavy atom. The first-order chi connectivity index (χ1) is 10.6. The summed E-state index contributed by atoms with van der Waals surface area (Å²) in [6.07, 6.45) is 1.98. The number of nitrogens with one attached hydrogen (secondary N) is 1. The molecular weight excluding hydrogens is 281 g/mol. The molecule has 2 aromatic rings. The quantitative estimate of drug-likeness (QED) is 0.887. The van der Waals surface area contributed by atoms with E-state index in [4.69, 9.17) is 5.11 Å². The summed E-state index contributed by atoms with van der Waals surface area (Å²) >= 11 is 0. The standard InChI is InChI=1S/C18H18FNO2/c19-16-6-2-4-13(8-16)15-9-17(10-15)20-11-12-3-1-5-14(7-12)18(21)22/h1-8,15,17,20H,9-11H2,(H,21,22). The van der Waals surface area contributed by atoms with Gasteiger partial charge in [-0.3, -0.25) is 0 Å². The fraction of sp³-hybridized carbons (Fsp3) is 0.278. The molecule has 0 aliphatic heterocycles. The lowest BCUT2D eigenvalue weighted by Crippen LogP contribution is -2.39. The van der Waals surface area contributed by atoms with E-state index in [9.17, 15) is 9.18 Å². The Morgan fingerprint density at radius 1 is 1.18 bits per heavy atom. The van der Waals surface area contributed by atoms with Gasteiger partial charge in [0.15, 0.2) is 0 Å². The molecule has 0 spiro atoms. The number of benzene rings is 2. The molecule has 0 aromatic heterocycles. The van der Waals surface area contributed by atoms with E-state index >= 15 is 0 Å². The van der Waals surface area contributed by atoms with Gasteiger partial charge in [0.1, 0.15) is 5.82 Å². The van der Waals surface area contributed by atoms with Gasteiger partial charge in [0.2, 0.25) is 0 Å². The largest absolute Gasteiger partial charge is 0.478 e. The van der Waals surface area contributed by atoms with E-state index in [1.807, 2.05) is 12.1 Å². The number of carboxylic acids is 1. The molecule has 0 saturated heterocycles. The summed E-state index contributed by atoms with van der Waals surface area (Å²) in [5.41, 5.74) is 2.34. The molecule has 22 heavy (non-hydrogen) atoms. The summed E-state index contributed by atoms with van der Waals surface area (Å²) in [6.45, 7) is 0.654. The molecule has 0 amide bonds. The number of carbonyl (C=O) groups is 1. The zero-order valence-corrected chi connectivity index (χ0v) is 12.1. The van der Waals surface area contributed by atoms with Crippen molar-refractivity contribution in [1.29, 1.82) is 0 Å². The van der Waals surface area contributed by atoms with Crippen molar-refractivity contribution in [3.05, 3.63) is 71.0 Å². The molecule has 3 nitrogen and oxygen atoms in total. The van der Waals surface area contributed by atoms with Gasteiger partial charge in [-0.15, -0.1) is 0 Å². The van der Waals surface area contributed by atoms with Gasteiger partial charge in [-0.25, -0.2) is 9.18 Å². The van der Waals surface area contributed by atoms with Crippen LogP contribution in [-0.2, 0) is 6.54 Å². The first-order valence-electron chi connectivity index (χ1n) is 7.43. The summed E-state index contributed by atoms with van der Waals surface area (Å²) in [5.74, 6) is -0.672. The average Bonchev–Trinajstić information content (AvgIpc) is 2.46. The molecule has 0 radical (unpaired) electrons. The molecule has 3 rings (SSSR count). The zero-order chi connectivity index (χ0) is 15.5. The SMILES string of the molecule is O=C(O)c1cccc(CNC2CC(c3cccc(F)c3)C2)c1. The van der Waals surface area contributed by atoms with Crippen molar-refractivity contribution in [3.8, 4) is 0 Å². The minimum atomic E-state index is -0.906. The Morgan fingerprint density at radius 3 is 2.68 bits per heavy atom. The highest BCUT2D eigenvalue weighted by atomic mass is 19.1. The van der Waals surface area contributed by atoms with Crippen molar-refractivity contribution < 1.29 is 14.3 Å². The van der Waals surface area contributed by atoms with Crippen LogP contribution in [0.3, 0.4) is 0 Å². The van der Waals surface area contributed by atoms with E-state index in [0.29, 0.717) is 24.1 Å². The van der Waals surface area contributed by atoms with Crippen LogP contribution in [0.1, 0.15) is 40.2 Å². The monoisotopic (exact) mass is 299 g/mol. The maximum atomic E-state index is 13.2. The van der Waals surface area contributed by atoms with E-state index in [1.165, 1.54) is 6.07 Å². The van der Waals surface area contributed by atoms with Crippen LogP contribution in [-0.4, -0.2) is 17.1 Å². The first-order valence-corrected chi connectivity index (χ1v) is 7.43. The van der Waals surface area contributed by atoms with Crippen LogP contribution in [0, 0.1) is 5.82 Å². The average molecular weight is 299 g/mol. The van der Waals surface area contributed by atoms with Crippen LogP contribution in [0.5, 0.6) is 0 Å². The Balaban J connectivity index is 1.50. The van der Waals surface area contributed by atoms with Gasteiger partial charge in [0, 0.05) is 12.6 Å². The molecule has 1 aliphatic rings. The molecule has 2 N–H and O–H groups in total. The molecule has 114 valence electrons. The molecule has 2 aromatic carbocycles. The number of hydrogen-bond donors (Lipinski definition) is 2. The van der Waals surface area contributed by atoms with Crippen LogP contribution in [0.25, 0.3) is 0 Å². The van der Waals surface area contributed by atoms with Gasteiger partial charge < -0.3 is 10.4 Å². The minimum absolute atomic E-state index is 0.181. The summed E-state index contributed by atoms with van der Waals surface area (Å²) in [7, 11) is 0. The van der Waals surface area contributed by atoms with Crippen molar-refractivity contribution in [2.75, 3.05) is 0 Å². The lowest BCUT2D eigenvalue weighted by molar-refractivity contribution is 0.0696. The molecule has 0 atom stereocenters. The number of aromatic carboxylic acids is 1. The third-order valence-corrected chi connectivity index (χ3v) is 4.23. The third kappa shape index (κ3) is 3.34. The van der Waals surface area contributed by atoms with Gasteiger partial charge >= 0.3 is 5.97 Å². The maximum absolute atomic E-state index is 13.2. The summed E-state index contributed by atoms with van der Waals surface area (Å²) < 4.78 is 13.2. The van der Waals surface area contributed by atoms with Gasteiger partial charge in [0.05, 0.1) is 5.56 Å². The van der Waals surface area contributed by atoms with Crippen LogP contribution >= 0.6 is 0 Å². The lowest BCUT2D eigenvalue weighted by Gasteiger charge is -2.36. The van der Waals surface area contributed by atoms with Gasteiger partial charge in [0.25, 0.3) is 0 Å². The van der Waals surface area contributed by atoms with E-state index in [0.717, 1.165) is 24.0 Å². The first kappa shape index (κ1) is 14.7. The summed E-state index contributed by atoms with van der Waals surface area (Å²) in [6, 6.07) is 14.2. The second kappa shape index (κ2) is 6.28. The number of carboxylic acid groups (broad SMARTS) is 1. The highest BCUT2D eigenvalue weighted by molar-refractivity contribution is 5.87. The second-order valence-electron chi connectivity index (χ2n) is 5.81. The highest BCUT2D eigenvalue weighted by Gasteiger charge is 2.29. The number of halogens is 1. The fourth-order valence-corrected chi connectivity index (χ4v) is 2.89. The minimum Gasteiger partial charge on any atom is -0.478 e. The van der Waals surface area contributed by atoms with Gasteiger partial charge in [-0.05, 0) is 54.2 Å². The van der Waals surface area contributed by atoms with Gasteiger partial charge in [-0.1, -0.05) is 24.3 Å². The van der Waals surface area contributed by atoms with Crippen LogP contribution in [0.2, 0.25) is 0 Å². The molecule has 0 unspecified atom stereocenters. The molecule has 4 heteroatoms. The predicted molar refractivity (Wildman–Crippen MR) is 82.4 cm³/mol. The van der Waals surface area contributed by atoms with E-state index in [2.05, 4.69) is 5.32 Å². The Kier molecular flexibility index (Phi) is 4.20. The maximum Gasteiger partial charge on any atom is 0.335 e. The van der Waals surface area contributed by atoms with E-state index < -0.39 is 5.97 Å². The van der Waals surface area contributed by atoms with Crippen molar-refractivity contribution in [2.45, 2.75) is 31.3 Å². The number of rotatable bonds is 5. The second-order valence-corrected chi connectivity index (χ2v) is 5.81. The Bertz CT molecular complexity index is 680. The van der Waals surface area contributed by atoms with Crippen molar-refractivity contribution >= 4 is 5.97 Å². The molecule has 0 heterocycles. The Hall–Kier alpha value is -2.20. The highest BCUT2D eigenvalue weighted by Crippen LogP contribution is 2.37. The molecule has 1 aliphatic carbocycles. The normalized spacial score (nSPS) is 20.4. The number of hydrogen-bond acceptors (Lipinski definition) is 2. The van der Waals surface area contributed by atoms with Crippen molar-refractivity contribution in [1.82, 2.24) is 5.32 Å². The fourth-order valence-electron chi connectivity index (χ4n) is 2.89. The third-order valence-electron chi connectivity index (χ3n) is 4.23. The smallest absolute Gasteiger partial charge is 0.335 e. The van der Waals surface area contributed by atoms with Crippen LogP contribution in [0.4, 0.5) is 4.39 Å². The zero-order valence-electron chi connectivity index (χ0n) is 12.1. The topological polar surface area (TPSA) is 49.3 Å². The molecular formula is C18H18FNO2. The Labute approximate surface area is 128 Å². The summed E-state index contributed by atoms with van der Waals surface area (Å²) in [4.78, 5) is 10.9. The van der Waals surface area contributed by atoms with Crippen molar-refractivity contribution in [2.24, 2.45) is 0 Å². The van der Waals surface area contributed by atoms with E-state index in [-0.39, 0.29) is 5.82 Å². The van der Waals surface area contributed by atoms with Crippen LogP contribution < -0.4 is 5.32 Å². The molecule has 0 bridgehead atoms. The van der Waals surface area contributed by atoms with Crippen LogP contribution in [0.15, 0.2) is 48.5 Å².